The van der Waals surface area contributed by atoms with E-state index in [2.05, 4.69) is 26.8 Å². The van der Waals surface area contributed by atoms with Gasteiger partial charge in [-0.1, -0.05) is 43.3 Å². The summed E-state index contributed by atoms with van der Waals surface area (Å²) in [6.07, 6.45) is 4.04. The monoisotopic (exact) mass is 445 g/mol. The van der Waals surface area contributed by atoms with E-state index in [0.717, 1.165) is 11.3 Å². The highest BCUT2D eigenvalue weighted by Crippen LogP contribution is 2.21. The van der Waals surface area contributed by atoms with Crippen molar-refractivity contribution >= 4 is 29.0 Å². The molecule has 0 spiro atoms. The second-order valence-electron chi connectivity index (χ2n) is 7.38. The highest BCUT2D eigenvalue weighted by molar-refractivity contribution is 7.71. The second-order valence-corrected chi connectivity index (χ2v) is 7.76. The minimum absolute atomic E-state index is 0.217. The molecular weight excluding hydrogens is 422 g/mol. The molecule has 0 aliphatic rings. The van der Waals surface area contributed by atoms with Crippen LogP contribution in [-0.2, 0) is 6.54 Å². The number of allylic oxidation sites excluding steroid dienone is 1. The van der Waals surface area contributed by atoms with E-state index in [4.69, 9.17) is 12.2 Å². The first-order chi connectivity index (χ1) is 15.5. The van der Waals surface area contributed by atoms with Gasteiger partial charge in [-0.25, -0.2) is 4.98 Å². The molecule has 0 radical (unpaired) electrons. The van der Waals surface area contributed by atoms with Crippen LogP contribution in [-0.4, -0.2) is 25.4 Å². The Morgan fingerprint density at radius 3 is 2.75 bits per heavy atom. The number of nitrogens with one attached hydrogen (secondary N) is 3. The highest BCUT2D eigenvalue weighted by Gasteiger charge is 2.18. The normalized spacial score (nSPS) is 11.9. The predicted molar refractivity (Wildman–Crippen MR) is 128 cm³/mol. The van der Waals surface area contributed by atoms with Crippen molar-refractivity contribution in [2.24, 2.45) is 0 Å². The van der Waals surface area contributed by atoms with E-state index in [1.165, 1.54) is 4.57 Å². The Morgan fingerprint density at radius 1 is 1.25 bits per heavy atom. The average Bonchev–Trinajstić information content (AvgIpc) is 3.30. The zero-order chi connectivity index (χ0) is 22.7. The second kappa shape index (κ2) is 9.15. The first kappa shape index (κ1) is 21.5. The summed E-state index contributed by atoms with van der Waals surface area (Å²) < 4.78 is 1.72. The Hall–Kier alpha value is -3.78. The summed E-state index contributed by atoms with van der Waals surface area (Å²) in [6, 6.07) is 14.5. The van der Waals surface area contributed by atoms with Crippen LogP contribution >= 0.6 is 12.2 Å². The van der Waals surface area contributed by atoms with Crippen molar-refractivity contribution in [2.75, 3.05) is 0 Å². The van der Waals surface area contributed by atoms with Gasteiger partial charge in [0.1, 0.15) is 5.82 Å². The summed E-state index contributed by atoms with van der Waals surface area (Å²) in [6.45, 7) is 5.95. The van der Waals surface area contributed by atoms with Crippen LogP contribution in [0.25, 0.3) is 22.2 Å². The van der Waals surface area contributed by atoms with Gasteiger partial charge in [0.2, 0.25) is 0 Å². The molecule has 0 saturated heterocycles. The standard InChI is InChI=1S/C24H23N5O2S/c1-3-12-29-23(31)17-11-10-16(13-19(17)28-24(29)32)22(30)27-18(4-2)21-25-14-20(26-21)15-8-6-5-7-9-15/h3,5-11,13-14,18H,1,4,12H2,2H3,(H,25,26)(H,27,30)(H,28,32). The Morgan fingerprint density at radius 2 is 2.03 bits per heavy atom. The fourth-order valence-electron chi connectivity index (χ4n) is 3.57. The van der Waals surface area contributed by atoms with Gasteiger partial charge in [0, 0.05) is 12.1 Å². The van der Waals surface area contributed by atoms with Crippen LogP contribution in [0.3, 0.4) is 0 Å². The topological polar surface area (TPSA) is 95.6 Å². The molecule has 7 nitrogen and oxygen atoms in total. The number of nitrogens with zero attached hydrogens (tertiary/aromatic N) is 2. The van der Waals surface area contributed by atoms with Crippen LogP contribution in [0.1, 0.15) is 35.6 Å². The minimum Gasteiger partial charge on any atom is -0.342 e. The number of hydrogen-bond acceptors (Lipinski definition) is 4. The first-order valence-corrected chi connectivity index (χ1v) is 10.7. The lowest BCUT2D eigenvalue weighted by atomic mass is 10.1. The van der Waals surface area contributed by atoms with Crippen molar-refractivity contribution in [3.05, 3.63) is 93.9 Å². The van der Waals surface area contributed by atoms with Crippen molar-refractivity contribution in [3.8, 4) is 11.3 Å². The van der Waals surface area contributed by atoms with Gasteiger partial charge < -0.3 is 15.3 Å². The minimum atomic E-state index is -0.283. The van der Waals surface area contributed by atoms with E-state index in [-0.39, 0.29) is 22.3 Å². The molecule has 4 aromatic rings. The summed E-state index contributed by atoms with van der Waals surface area (Å²) in [5.41, 5.74) is 2.65. The van der Waals surface area contributed by atoms with Crippen LogP contribution in [0, 0.1) is 4.77 Å². The van der Waals surface area contributed by atoms with E-state index in [1.54, 1.807) is 30.5 Å². The Bertz CT molecular complexity index is 1400. The lowest BCUT2D eigenvalue weighted by molar-refractivity contribution is 0.0934. The molecule has 8 heteroatoms. The number of fused-ring (bicyclic) bond motifs is 1. The smallest absolute Gasteiger partial charge is 0.262 e. The van der Waals surface area contributed by atoms with Gasteiger partial charge in [0.05, 0.1) is 28.8 Å². The molecule has 0 fully saturated rings. The summed E-state index contributed by atoms with van der Waals surface area (Å²) >= 11 is 5.28. The number of H-pyrrole nitrogens is 2. The third-order valence-electron chi connectivity index (χ3n) is 5.28. The molecular formula is C24H23N5O2S. The lowest BCUT2D eigenvalue weighted by Gasteiger charge is -2.15. The molecule has 32 heavy (non-hydrogen) atoms. The van der Waals surface area contributed by atoms with Crippen molar-refractivity contribution in [2.45, 2.75) is 25.9 Å². The van der Waals surface area contributed by atoms with E-state index in [0.29, 0.717) is 35.3 Å². The maximum atomic E-state index is 13.0. The number of aromatic nitrogens is 4. The van der Waals surface area contributed by atoms with E-state index >= 15 is 0 Å². The molecule has 0 aliphatic heterocycles. The van der Waals surface area contributed by atoms with Gasteiger partial charge in [0.15, 0.2) is 4.77 Å². The molecule has 4 rings (SSSR count). The molecule has 0 aliphatic carbocycles. The predicted octanol–water partition coefficient (Wildman–Crippen LogP) is 4.52. The number of carbonyl (C=O) groups is 1. The summed E-state index contributed by atoms with van der Waals surface area (Å²) in [5, 5.41) is 3.48. The Balaban J connectivity index is 1.59. The van der Waals surface area contributed by atoms with Crippen molar-refractivity contribution in [1.82, 2.24) is 24.8 Å². The fraction of sp³-hybridized carbons (Fsp3) is 0.167. The molecule has 3 N–H and O–H groups in total. The number of rotatable bonds is 7. The quantitative estimate of drug-likeness (QED) is 0.288. The first-order valence-electron chi connectivity index (χ1n) is 10.3. The maximum Gasteiger partial charge on any atom is 0.262 e. The number of imidazole rings is 1. The Labute approximate surface area is 189 Å². The molecule has 0 bridgehead atoms. The number of amides is 1. The van der Waals surface area contributed by atoms with Crippen molar-refractivity contribution in [1.29, 1.82) is 0 Å². The maximum absolute atomic E-state index is 13.0. The zero-order valence-electron chi connectivity index (χ0n) is 17.6. The molecule has 1 atom stereocenters. The van der Waals surface area contributed by atoms with Crippen LogP contribution < -0.4 is 10.9 Å². The number of hydrogen-bond donors (Lipinski definition) is 3. The molecule has 1 unspecified atom stereocenters. The van der Waals surface area contributed by atoms with E-state index in [9.17, 15) is 9.59 Å². The summed E-state index contributed by atoms with van der Waals surface area (Å²) in [7, 11) is 0. The third kappa shape index (κ3) is 4.17. The lowest BCUT2D eigenvalue weighted by Crippen LogP contribution is -2.29. The SMILES string of the molecule is C=CCn1c(=S)[nH]c2cc(C(=O)NC(CC)c3ncc(-c4ccccc4)[nH]3)ccc2c1=O. The number of benzene rings is 2. The van der Waals surface area contributed by atoms with E-state index < -0.39 is 0 Å². The van der Waals surface area contributed by atoms with E-state index in [1.807, 2.05) is 37.3 Å². The largest absolute Gasteiger partial charge is 0.342 e. The number of carbonyl (C=O) groups excluding carboxylic acids is 1. The van der Waals surface area contributed by atoms with Gasteiger partial charge >= 0.3 is 0 Å². The third-order valence-corrected chi connectivity index (χ3v) is 5.60. The van der Waals surface area contributed by atoms with Crippen LogP contribution in [0.4, 0.5) is 0 Å². The van der Waals surface area contributed by atoms with Crippen LogP contribution in [0.2, 0.25) is 0 Å². The Kier molecular flexibility index (Phi) is 6.13. The average molecular weight is 446 g/mol. The number of aromatic amines is 2. The fourth-order valence-corrected chi connectivity index (χ4v) is 3.84. The molecule has 2 aromatic carbocycles. The molecule has 2 aromatic heterocycles. The van der Waals surface area contributed by atoms with Crippen molar-refractivity contribution < 1.29 is 4.79 Å². The van der Waals surface area contributed by atoms with Gasteiger partial charge in [-0.2, -0.15) is 0 Å². The molecule has 162 valence electrons. The van der Waals surface area contributed by atoms with Gasteiger partial charge in [-0.15, -0.1) is 6.58 Å². The van der Waals surface area contributed by atoms with Gasteiger partial charge in [-0.05, 0) is 42.4 Å². The van der Waals surface area contributed by atoms with Gasteiger partial charge in [-0.3, -0.25) is 14.2 Å². The van der Waals surface area contributed by atoms with Crippen molar-refractivity contribution in [3.63, 3.8) is 0 Å². The summed E-state index contributed by atoms with van der Waals surface area (Å²) in [5.74, 6) is 0.429. The van der Waals surface area contributed by atoms with Crippen LogP contribution in [0.5, 0.6) is 0 Å². The van der Waals surface area contributed by atoms with Gasteiger partial charge in [0.25, 0.3) is 11.5 Å². The molecule has 1 amide bonds. The molecule has 0 saturated carbocycles. The highest BCUT2D eigenvalue weighted by atomic mass is 32.1. The zero-order valence-corrected chi connectivity index (χ0v) is 18.4. The summed E-state index contributed by atoms with van der Waals surface area (Å²) in [4.78, 5) is 36.4. The van der Waals surface area contributed by atoms with Crippen LogP contribution in [0.15, 0.2) is 72.2 Å². The molecule has 2 heterocycles.